The molecular formula is C8H8S4. The maximum absolute atomic E-state index is 2.29. The minimum absolute atomic E-state index is 1.42. The second kappa shape index (κ2) is 3.62. The van der Waals surface area contributed by atoms with Gasteiger partial charge in [0.1, 0.15) is 0 Å². The number of rotatable bonds is 2. The van der Waals surface area contributed by atoms with E-state index in [1.807, 2.05) is 46.2 Å². The molecule has 0 saturated heterocycles. The van der Waals surface area contributed by atoms with Gasteiger partial charge in [-0.1, -0.05) is 0 Å². The number of hydrogen-bond donors (Lipinski definition) is 0. The summed E-state index contributed by atoms with van der Waals surface area (Å²) in [5.41, 5.74) is 0. The van der Waals surface area contributed by atoms with Crippen LogP contribution in [-0.4, -0.2) is 12.5 Å². The zero-order valence-corrected chi connectivity index (χ0v) is 10.1. The molecule has 4 heteroatoms. The molecule has 0 aliphatic carbocycles. The van der Waals surface area contributed by atoms with E-state index < -0.39 is 0 Å². The molecule has 0 aliphatic heterocycles. The minimum Gasteiger partial charge on any atom is -0.128 e. The van der Waals surface area contributed by atoms with Gasteiger partial charge in [-0.3, -0.25) is 0 Å². The van der Waals surface area contributed by atoms with Gasteiger partial charge < -0.3 is 0 Å². The molecule has 2 heterocycles. The Kier molecular flexibility index (Phi) is 2.69. The van der Waals surface area contributed by atoms with E-state index in [1.165, 1.54) is 17.8 Å². The van der Waals surface area contributed by atoms with Crippen LogP contribution >= 0.6 is 46.2 Å². The van der Waals surface area contributed by atoms with E-state index in [9.17, 15) is 0 Å². The molecule has 2 aromatic rings. The lowest BCUT2D eigenvalue weighted by Gasteiger charge is -1.84. The van der Waals surface area contributed by atoms with Crippen LogP contribution in [0.15, 0.2) is 20.6 Å². The van der Waals surface area contributed by atoms with Gasteiger partial charge in [0.2, 0.25) is 0 Å². The molecular weight excluding hydrogens is 224 g/mol. The van der Waals surface area contributed by atoms with Crippen molar-refractivity contribution in [3.05, 3.63) is 12.1 Å². The zero-order chi connectivity index (χ0) is 8.55. The predicted molar refractivity (Wildman–Crippen MR) is 63.3 cm³/mol. The molecule has 0 amide bonds. The molecule has 0 unspecified atom stereocenters. The van der Waals surface area contributed by atoms with Crippen LogP contribution in [0.5, 0.6) is 0 Å². The molecule has 0 nitrogen and oxygen atoms in total. The highest BCUT2D eigenvalue weighted by molar-refractivity contribution is 8.01. The Bertz CT molecular complexity index is 320. The van der Waals surface area contributed by atoms with Gasteiger partial charge in [-0.2, -0.15) is 0 Å². The molecule has 0 fully saturated rings. The zero-order valence-electron chi connectivity index (χ0n) is 6.79. The normalized spacial score (nSPS) is 11.2. The molecule has 0 spiro atoms. The highest BCUT2D eigenvalue weighted by atomic mass is 32.2. The van der Waals surface area contributed by atoms with Crippen molar-refractivity contribution >= 4 is 55.6 Å². The van der Waals surface area contributed by atoms with Crippen LogP contribution in [-0.2, 0) is 0 Å². The summed E-state index contributed by atoms with van der Waals surface area (Å²) in [6, 6.07) is 4.57. The highest BCUT2D eigenvalue weighted by Crippen LogP contribution is 2.39. The summed E-state index contributed by atoms with van der Waals surface area (Å²) in [4.78, 5) is 0. The fraction of sp³-hybridized carbons (Fsp3) is 0.250. The van der Waals surface area contributed by atoms with Crippen molar-refractivity contribution in [1.29, 1.82) is 0 Å². The number of thioether (sulfide) groups is 2. The van der Waals surface area contributed by atoms with E-state index in [2.05, 4.69) is 24.6 Å². The Hall–Kier alpha value is 0.360. The molecule has 64 valence electrons. The standard InChI is InChI=1S/C8H8S4/c1-9-7-3-5-6(11-7)4-8(10-2)12-5/h3-4H,1-2H3. The van der Waals surface area contributed by atoms with Crippen molar-refractivity contribution in [2.75, 3.05) is 12.5 Å². The fourth-order valence-electron chi connectivity index (χ4n) is 0.993. The first-order valence-electron chi connectivity index (χ1n) is 3.45. The summed E-state index contributed by atoms with van der Waals surface area (Å²) in [6.07, 6.45) is 4.26. The third-order valence-corrected chi connectivity index (χ3v) is 5.99. The molecule has 0 bridgehead atoms. The molecule has 0 aliphatic rings. The lowest BCUT2D eigenvalue weighted by molar-refractivity contribution is 1.79. The van der Waals surface area contributed by atoms with Crippen molar-refractivity contribution in [2.24, 2.45) is 0 Å². The van der Waals surface area contributed by atoms with Crippen LogP contribution in [0.2, 0.25) is 0 Å². The summed E-state index contributed by atoms with van der Waals surface area (Å²) in [6.45, 7) is 0. The van der Waals surface area contributed by atoms with Crippen molar-refractivity contribution in [1.82, 2.24) is 0 Å². The average molecular weight is 232 g/mol. The van der Waals surface area contributed by atoms with Crippen molar-refractivity contribution in [3.63, 3.8) is 0 Å². The number of thiophene rings is 2. The molecule has 2 aromatic heterocycles. The number of fused-ring (bicyclic) bond motifs is 1. The highest BCUT2D eigenvalue weighted by Gasteiger charge is 2.04. The topological polar surface area (TPSA) is 0 Å². The van der Waals surface area contributed by atoms with E-state index in [-0.39, 0.29) is 0 Å². The second-order valence-corrected chi connectivity index (χ2v) is 6.65. The summed E-state index contributed by atoms with van der Waals surface area (Å²) >= 11 is 7.45. The SMILES string of the molecule is CSc1cc2sc(SC)cc2s1. The van der Waals surface area contributed by atoms with Crippen molar-refractivity contribution in [3.8, 4) is 0 Å². The molecule has 0 aromatic carbocycles. The molecule has 0 radical (unpaired) electrons. The first kappa shape index (κ1) is 8.94. The van der Waals surface area contributed by atoms with Gasteiger partial charge in [-0.05, 0) is 24.6 Å². The Morgan fingerprint density at radius 2 is 1.33 bits per heavy atom. The first-order chi connectivity index (χ1) is 5.83. The lowest BCUT2D eigenvalue weighted by Crippen LogP contribution is -1.51. The Labute approximate surface area is 88.4 Å². The van der Waals surface area contributed by atoms with Crippen LogP contribution in [0.25, 0.3) is 9.40 Å². The summed E-state index contributed by atoms with van der Waals surface area (Å²) in [7, 11) is 0. The van der Waals surface area contributed by atoms with Crippen LogP contribution in [0.3, 0.4) is 0 Å². The maximum atomic E-state index is 2.29. The summed E-state index contributed by atoms with van der Waals surface area (Å²) < 4.78 is 5.72. The van der Waals surface area contributed by atoms with Gasteiger partial charge in [0.25, 0.3) is 0 Å². The van der Waals surface area contributed by atoms with Crippen LogP contribution in [0.4, 0.5) is 0 Å². The molecule has 12 heavy (non-hydrogen) atoms. The molecule has 0 N–H and O–H groups in total. The second-order valence-electron chi connectivity index (χ2n) is 2.27. The van der Waals surface area contributed by atoms with E-state index in [4.69, 9.17) is 0 Å². The van der Waals surface area contributed by atoms with E-state index in [0.29, 0.717) is 0 Å². The van der Waals surface area contributed by atoms with Crippen molar-refractivity contribution in [2.45, 2.75) is 8.42 Å². The van der Waals surface area contributed by atoms with Gasteiger partial charge in [-0.15, -0.1) is 46.2 Å². The first-order valence-corrected chi connectivity index (χ1v) is 7.53. The van der Waals surface area contributed by atoms with E-state index in [0.717, 1.165) is 0 Å². The van der Waals surface area contributed by atoms with E-state index in [1.54, 1.807) is 0 Å². The quantitative estimate of drug-likeness (QED) is 0.704. The summed E-state index contributed by atoms with van der Waals surface area (Å²) in [5, 5.41) is 0. The minimum atomic E-state index is 1.42. The number of hydrogen-bond acceptors (Lipinski definition) is 4. The average Bonchev–Trinajstić information content (AvgIpc) is 2.59. The van der Waals surface area contributed by atoms with Gasteiger partial charge in [0.05, 0.1) is 8.42 Å². The van der Waals surface area contributed by atoms with E-state index >= 15 is 0 Å². The van der Waals surface area contributed by atoms with Crippen molar-refractivity contribution < 1.29 is 0 Å². The third kappa shape index (κ3) is 1.53. The van der Waals surface area contributed by atoms with Crippen LogP contribution < -0.4 is 0 Å². The molecule has 2 rings (SSSR count). The van der Waals surface area contributed by atoms with Gasteiger partial charge >= 0.3 is 0 Å². The molecule has 0 saturated carbocycles. The summed E-state index contributed by atoms with van der Waals surface area (Å²) in [5.74, 6) is 0. The monoisotopic (exact) mass is 232 g/mol. The Morgan fingerprint density at radius 1 is 0.917 bits per heavy atom. The Balaban J connectivity index is 2.52. The van der Waals surface area contributed by atoms with Gasteiger partial charge in [0.15, 0.2) is 0 Å². The maximum Gasteiger partial charge on any atom is 0.0616 e. The molecule has 0 atom stereocenters. The predicted octanol–water partition coefficient (Wildman–Crippen LogP) is 4.41. The van der Waals surface area contributed by atoms with Crippen LogP contribution in [0.1, 0.15) is 0 Å². The third-order valence-electron chi connectivity index (χ3n) is 1.56. The van der Waals surface area contributed by atoms with Gasteiger partial charge in [-0.25, -0.2) is 0 Å². The smallest absolute Gasteiger partial charge is 0.0616 e. The Morgan fingerprint density at radius 3 is 1.67 bits per heavy atom. The largest absolute Gasteiger partial charge is 0.128 e. The fourth-order valence-corrected chi connectivity index (χ4v) is 4.68. The van der Waals surface area contributed by atoms with Gasteiger partial charge in [0, 0.05) is 9.40 Å². The lowest BCUT2D eigenvalue weighted by atomic mass is 10.5. The van der Waals surface area contributed by atoms with Crippen LogP contribution in [0, 0.1) is 0 Å².